The zero-order valence-electron chi connectivity index (χ0n) is 23.8. The van der Waals surface area contributed by atoms with Crippen LogP contribution >= 0.6 is 0 Å². The summed E-state index contributed by atoms with van der Waals surface area (Å²) in [4.78, 5) is 17.7. The molecule has 3 saturated heterocycles. The Hall–Kier alpha value is -1.25. The third-order valence-electron chi connectivity index (χ3n) is 10.3. The molecule has 0 spiro atoms. The summed E-state index contributed by atoms with van der Waals surface area (Å²) in [5, 5.41) is 0. The third-order valence-corrected chi connectivity index (χ3v) is 11.4. The molecule has 1 aromatic carbocycles. The largest absolute Gasteiger partial charge is 1.00 e. The van der Waals surface area contributed by atoms with Crippen LogP contribution in [-0.4, -0.2) is 61.9 Å². The average molecular weight is 587 g/mol. The Bertz CT molecular complexity index is 1150. The van der Waals surface area contributed by atoms with Crippen LogP contribution in [0.1, 0.15) is 90.0 Å². The van der Waals surface area contributed by atoms with E-state index in [0.29, 0.717) is 24.6 Å². The second-order valence-electron chi connectivity index (χ2n) is 13.9. The monoisotopic (exact) mass is 586 g/mol. The van der Waals surface area contributed by atoms with E-state index < -0.39 is 21.5 Å². The van der Waals surface area contributed by atoms with Gasteiger partial charge in [-0.05, 0) is 82.3 Å². The number of halogens is 3. The highest BCUT2D eigenvalue weighted by Gasteiger charge is 2.57. The third kappa shape index (κ3) is 6.18. The Kier molecular flexibility index (Phi) is 8.82. The van der Waals surface area contributed by atoms with Gasteiger partial charge in [-0.25, -0.2) is 17.2 Å². The number of piperidine rings is 1. The molecule has 5 atom stereocenters. The molecule has 1 amide bonds. The van der Waals surface area contributed by atoms with Crippen molar-refractivity contribution < 1.29 is 39.3 Å². The molecule has 4 aliphatic rings. The maximum atomic E-state index is 15.0. The Morgan fingerprint density at radius 2 is 1.64 bits per heavy atom. The average Bonchev–Trinajstić information content (AvgIpc) is 3.38. The maximum absolute atomic E-state index is 15.0. The van der Waals surface area contributed by atoms with Crippen molar-refractivity contribution in [2.75, 3.05) is 25.1 Å². The van der Waals surface area contributed by atoms with E-state index in [9.17, 15) is 17.6 Å². The number of nitrogens with one attached hydrogen (secondary N) is 1. The number of carbonyl (C=O) groups excluding carboxylic acids is 1. The van der Waals surface area contributed by atoms with Crippen molar-refractivity contribution in [3.63, 3.8) is 0 Å². The van der Waals surface area contributed by atoms with Crippen molar-refractivity contribution >= 4 is 15.7 Å². The number of carbonyl (C=O) groups is 1. The first kappa shape index (κ1) is 30.7. The second-order valence-corrected chi connectivity index (χ2v) is 16.1. The summed E-state index contributed by atoms with van der Waals surface area (Å²) >= 11 is 0. The Morgan fingerprint density at radius 3 is 2.18 bits per heavy atom. The molecule has 0 radical (unpaired) electrons. The minimum absolute atomic E-state index is 0. The minimum Gasteiger partial charge on any atom is -1.00 e. The van der Waals surface area contributed by atoms with E-state index in [1.165, 1.54) is 29.7 Å². The van der Waals surface area contributed by atoms with Crippen molar-refractivity contribution in [1.82, 2.24) is 4.90 Å². The second kappa shape index (κ2) is 11.2. The minimum atomic E-state index is -3.16. The van der Waals surface area contributed by atoms with E-state index in [1.807, 2.05) is 0 Å². The van der Waals surface area contributed by atoms with Crippen molar-refractivity contribution in [1.29, 1.82) is 0 Å². The molecule has 220 valence electrons. The molecule has 3 unspecified atom stereocenters. The Labute approximate surface area is 239 Å². The molecule has 3 aliphatic heterocycles. The molecule has 5 rings (SSSR count). The van der Waals surface area contributed by atoms with E-state index in [4.69, 9.17) is 0 Å². The first-order valence-corrected chi connectivity index (χ1v) is 16.6. The Balaban J connectivity index is 0.00000353. The van der Waals surface area contributed by atoms with Gasteiger partial charge < -0.3 is 22.2 Å². The molecule has 9 heteroatoms. The number of sulfone groups is 1. The lowest BCUT2D eigenvalue weighted by Gasteiger charge is -2.51. The smallest absolute Gasteiger partial charge is 0.232 e. The zero-order valence-corrected chi connectivity index (χ0v) is 25.4. The van der Waals surface area contributed by atoms with E-state index in [1.54, 1.807) is 0 Å². The van der Waals surface area contributed by atoms with E-state index in [2.05, 4.69) is 25.7 Å². The first-order chi connectivity index (χ1) is 17.8. The van der Waals surface area contributed by atoms with Gasteiger partial charge >= 0.3 is 0 Å². The van der Waals surface area contributed by atoms with Crippen LogP contribution in [0.4, 0.5) is 8.78 Å². The Morgan fingerprint density at radius 1 is 1.03 bits per heavy atom. The molecule has 1 aromatic rings. The molecule has 5 nitrogen and oxygen atoms in total. The SMILES string of the molecule is CC(C)(C)[NH+]1C[C@H](C(=O)N2C3CCC2CC(CS(C)(=O)=O)(C2CCCCC2)C3)[C@H](c2ccc(F)cc2F)C1.[Cl-]. The van der Waals surface area contributed by atoms with Gasteiger partial charge in [0.05, 0.1) is 36.2 Å². The van der Waals surface area contributed by atoms with E-state index in [-0.39, 0.29) is 58.9 Å². The standard InChI is InChI=1S/C30H44F2N2O3S.ClH/c1-29(2,3)33-17-25(24-13-10-21(31)14-27(24)32)26(18-33)28(35)34-22-11-12-23(34)16-30(15-22,19-38(4,36)37)20-8-6-5-7-9-20;/h10,13-14,20,22-23,25-26H,5-9,11-12,15-19H2,1-4H3;1H/t22?,23?,25-,26-,30?;/m0./s1. The number of amides is 1. The fraction of sp³-hybridized carbons (Fsp3) is 0.767. The normalized spacial score (nSPS) is 33.7. The highest BCUT2D eigenvalue weighted by molar-refractivity contribution is 7.90. The van der Waals surface area contributed by atoms with Gasteiger partial charge in [-0.15, -0.1) is 0 Å². The lowest BCUT2D eigenvalue weighted by molar-refractivity contribution is -0.936. The van der Waals surface area contributed by atoms with Gasteiger partial charge in [0.15, 0.2) is 0 Å². The predicted molar refractivity (Wildman–Crippen MR) is 145 cm³/mol. The molecule has 1 N–H and O–H groups in total. The number of benzene rings is 1. The summed E-state index contributed by atoms with van der Waals surface area (Å²) in [6, 6.07) is 3.83. The van der Waals surface area contributed by atoms with Crippen molar-refractivity contribution in [2.45, 2.75) is 102 Å². The van der Waals surface area contributed by atoms with Crippen LogP contribution in [0, 0.1) is 28.9 Å². The molecule has 2 bridgehead atoms. The van der Waals surface area contributed by atoms with Crippen LogP contribution in [0.25, 0.3) is 0 Å². The van der Waals surface area contributed by atoms with Crippen LogP contribution in [0.2, 0.25) is 0 Å². The van der Waals surface area contributed by atoms with Gasteiger partial charge in [0.25, 0.3) is 0 Å². The lowest BCUT2D eigenvalue weighted by Crippen LogP contribution is -3.17. The van der Waals surface area contributed by atoms with Crippen LogP contribution in [0.3, 0.4) is 0 Å². The van der Waals surface area contributed by atoms with E-state index in [0.717, 1.165) is 57.4 Å². The summed E-state index contributed by atoms with van der Waals surface area (Å²) in [5.74, 6) is -1.15. The van der Waals surface area contributed by atoms with Crippen LogP contribution in [0.15, 0.2) is 18.2 Å². The molecule has 39 heavy (non-hydrogen) atoms. The highest BCUT2D eigenvalue weighted by atomic mass is 35.5. The van der Waals surface area contributed by atoms with Gasteiger partial charge in [0, 0.05) is 24.4 Å². The van der Waals surface area contributed by atoms with E-state index >= 15 is 4.39 Å². The summed E-state index contributed by atoms with van der Waals surface area (Å²) in [7, 11) is -3.16. The number of fused-ring (bicyclic) bond motifs is 2. The molecular weight excluding hydrogens is 542 g/mol. The number of nitrogens with zero attached hydrogens (tertiary/aromatic N) is 1. The topological polar surface area (TPSA) is 58.9 Å². The zero-order chi connectivity index (χ0) is 27.5. The molecule has 3 heterocycles. The molecule has 1 saturated carbocycles. The lowest BCUT2D eigenvalue weighted by atomic mass is 9.63. The summed E-state index contributed by atoms with van der Waals surface area (Å²) < 4.78 is 54.0. The molecular formula is C30H45ClF2N2O3S. The molecule has 1 aliphatic carbocycles. The maximum Gasteiger partial charge on any atom is 0.232 e. The fourth-order valence-electron chi connectivity index (χ4n) is 8.64. The van der Waals surface area contributed by atoms with Crippen molar-refractivity contribution in [3.8, 4) is 0 Å². The van der Waals surface area contributed by atoms with Gasteiger partial charge in [-0.2, -0.15) is 0 Å². The number of hydrogen-bond donors (Lipinski definition) is 1. The number of rotatable bonds is 5. The van der Waals surface area contributed by atoms with Gasteiger partial charge in [0.2, 0.25) is 5.91 Å². The predicted octanol–water partition coefficient (Wildman–Crippen LogP) is 1.13. The van der Waals surface area contributed by atoms with Gasteiger partial charge in [-0.3, -0.25) is 4.79 Å². The quantitative estimate of drug-likeness (QED) is 0.563. The van der Waals surface area contributed by atoms with Crippen LogP contribution < -0.4 is 17.3 Å². The van der Waals surface area contributed by atoms with Crippen LogP contribution in [-0.2, 0) is 14.6 Å². The fourth-order valence-corrected chi connectivity index (χ4v) is 10.2. The van der Waals surface area contributed by atoms with Crippen molar-refractivity contribution in [2.24, 2.45) is 17.3 Å². The number of quaternary nitrogens is 1. The van der Waals surface area contributed by atoms with Crippen molar-refractivity contribution in [3.05, 3.63) is 35.4 Å². The van der Waals surface area contributed by atoms with Gasteiger partial charge in [-0.1, -0.05) is 25.3 Å². The van der Waals surface area contributed by atoms with Crippen LogP contribution in [0.5, 0.6) is 0 Å². The summed E-state index contributed by atoms with van der Waals surface area (Å²) in [6.45, 7) is 7.67. The number of hydrogen-bond acceptors (Lipinski definition) is 3. The van der Waals surface area contributed by atoms with Gasteiger partial charge in [0.1, 0.15) is 21.5 Å². The number of likely N-dealkylation sites (tertiary alicyclic amines) is 1. The summed E-state index contributed by atoms with van der Waals surface area (Å²) in [6.07, 6.45) is 10.4. The summed E-state index contributed by atoms with van der Waals surface area (Å²) in [5.41, 5.74) is 0.0790. The molecule has 4 fully saturated rings. The highest BCUT2D eigenvalue weighted by Crippen LogP contribution is 2.54. The molecule has 0 aromatic heterocycles. The first-order valence-electron chi connectivity index (χ1n) is 14.6.